The topological polar surface area (TPSA) is 77.9 Å². The van der Waals surface area contributed by atoms with E-state index in [0.29, 0.717) is 38.2 Å². The largest absolute Gasteiger partial charge is 0.481 e. The summed E-state index contributed by atoms with van der Waals surface area (Å²) in [5.74, 6) is -0.922. The number of carbonyl (C=O) groups excluding carboxylic acids is 2. The summed E-state index contributed by atoms with van der Waals surface area (Å²) in [6.45, 7) is 1.97. The van der Waals surface area contributed by atoms with Gasteiger partial charge < -0.3 is 14.9 Å². The fourth-order valence-electron chi connectivity index (χ4n) is 5.19. The highest BCUT2D eigenvalue weighted by molar-refractivity contribution is 5.94. The number of fused-ring (bicyclic) bond motifs is 1. The zero-order valence-corrected chi connectivity index (χ0v) is 15.5. The number of rotatable bonds is 3. The van der Waals surface area contributed by atoms with Crippen LogP contribution >= 0.6 is 0 Å². The standard InChI is InChI=1S/C21H26N2O4/c24-18(15-6-2-1-3-7-15)22-11-5-8-16(12-22)19(25)23-13-17-9-4-10-21(17,14-23)20(26)27/h1-3,6-7,16-17H,4-5,8-14H2,(H,26,27)/t16?,17-,21+/m0/s1. The maximum absolute atomic E-state index is 13.1. The van der Waals surface area contributed by atoms with Crippen molar-refractivity contribution in [3.8, 4) is 0 Å². The number of aliphatic carboxylic acids is 1. The minimum atomic E-state index is -0.759. The van der Waals surface area contributed by atoms with Gasteiger partial charge in [0.2, 0.25) is 5.91 Å². The fourth-order valence-corrected chi connectivity index (χ4v) is 5.19. The predicted octanol–water partition coefficient (Wildman–Crippen LogP) is 2.25. The van der Waals surface area contributed by atoms with Gasteiger partial charge in [0.1, 0.15) is 0 Å². The molecule has 4 rings (SSSR count). The van der Waals surface area contributed by atoms with Crippen molar-refractivity contribution >= 4 is 17.8 Å². The molecule has 2 saturated heterocycles. The highest BCUT2D eigenvalue weighted by Crippen LogP contribution is 2.49. The zero-order valence-electron chi connectivity index (χ0n) is 15.5. The van der Waals surface area contributed by atoms with E-state index in [1.165, 1.54) is 0 Å². The summed E-state index contributed by atoms with van der Waals surface area (Å²) in [5.41, 5.74) is -0.102. The number of hydrogen-bond acceptors (Lipinski definition) is 3. The lowest BCUT2D eigenvalue weighted by Crippen LogP contribution is -2.47. The molecule has 6 heteroatoms. The third-order valence-electron chi connectivity index (χ3n) is 6.69. The predicted molar refractivity (Wildman–Crippen MR) is 99.1 cm³/mol. The second kappa shape index (κ2) is 6.98. The van der Waals surface area contributed by atoms with Crippen molar-refractivity contribution in [2.24, 2.45) is 17.3 Å². The van der Waals surface area contributed by atoms with Crippen molar-refractivity contribution in [2.75, 3.05) is 26.2 Å². The van der Waals surface area contributed by atoms with Gasteiger partial charge in [0.05, 0.1) is 11.3 Å². The highest BCUT2D eigenvalue weighted by Gasteiger charge is 2.56. The zero-order chi connectivity index (χ0) is 19.0. The van der Waals surface area contributed by atoms with Gasteiger partial charge in [-0.25, -0.2) is 0 Å². The summed E-state index contributed by atoms with van der Waals surface area (Å²) in [5, 5.41) is 9.73. The van der Waals surface area contributed by atoms with Gasteiger partial charge in [-0.2, -0.15) is 0 Å². The van der Waals surface area contributed by atoms with E-state index in [4.69, 9.17) is 0 Å². The maximum Gasteiger partial charge on any atom is 0.311 e. The van der Waals surface area contributed by atoms with E-state index in [1.54, 1.807) is 21.9 Å². The number of carbonyl (C=O) groups is 3. The van der Waals surface area contributed by atoms with E-state index in [1.807, 2.05) is 18.2 Å². The normalized spacial score (nSPS) is 30.2. The molecule has 2 heterocycles. The van der Waals surface area contributed by atoms with Gasteiger partial charge >= 0.3 is 5.97 Å². The number of piperidine rings is 1. The molecule has 1 unspecified atom stereocenters. The first-order valence-corrected chi connectivity index (χ1v) is 9.88. The van der Waals surface area contributed by atoms with Gasteiger partial charge in [0.15, 0.2) is 0 Å². The fraction of sp³-hybridized carbons (Fsp3) is 0.571. The van der Waals surface area contributed by atoms with Crippen LogP contribution in [0.2, 0.25) is 0 Å². The number of carboxylic acids is 1. The Morgan fingerprint density at radius 2 is 1.78 bits per heavy atom. The van der Waals surface area contributed by atoms with Crippen LogP contribution in [0.3, 0.4) is 0 Å². The summed E-state index contributed by atoms with van der Waals surface area (Å²) in [6.07, 6.45) is 4.05. The second-order valence-electron chi connectivity index (χ2n) is 8.23. The molecular formula is C21H26N2O4. The summed E-state index contributed by atoms with van der Waals surface area (Å²) in [7, 11) is 0. The minimum Gasteiger partial charge on any atom is -0.481 e. The molecule has 1 N–H and O–H groups in total. The lowest BCUT2D eigenvalue weighted by molar-refractivity contribution is -0.149. The first-order chi connectivity index (χ1) is 13.0. The van der Waals surface area contributed by atoms with E-state index >= 15 is 0 Å². The monoisotopic (exact) mass is 370 g/mol. The van der Waals surface area contributed by atoms with Crippen LogP contribution in [0.15, 0.2) is 30.3 Å². The Bertz CT molecular complexity index is 750. The molecule has 3 atom stereocenters. The SMILES string of the molecule is O=C(c1ccccc1)N1CCCC(C(=O)N2C[C@@H]3CCC[C@@]3(C(=O)O)C2)C1. The number of nitrogens with zero attached hydrogens (tertiary/aromatic N) is 2. The van der Waals surface area contributed by atoms with Crippen LogP contribution < -0.4 is 0 Å². The average Bonchev–Trinajstić information content (AvgIpc) is 3.26. The number of benzene rings is 1. The lowest BCUT2D eigenvalue weighted by atomic mass is 9.81. The van der Waals surface area contributed by atoms with Crippen molar-refractivity contribution in [3.63, 3.8) is 0 Å². The summed E-state index contributed by atoms with van der Waals surface area (Å²) >= 11 is 0. The molecule has 1 aromatic rings. The van der Waals surface area contributed by atoms with Gasteiger partial charge in [-0.15, -0.1) is 0 Å². The number of likely N-dealkylation sites (tertiary alicyclic amines) is 2. The smallest absolute Gasteiger partial charge is 0.311 e. The van der Waals surface area contributed by atoms with Crippen LogP contribution in [0.4, 0.5) is 0 Å². The third kappa shape index (κ3) is 3.11. The van der Waals surface area contributed by atoms with E-state index in [9.17, 15) is 19.5 Å². The molecule has 3 aliphatic rings. The van der Waals surface area contributed by atoms with Gasteiger partial charge in [0, 0.05) is 31.7 Å². The van der Waals surface area contributed by atoms with Gasteiger partial charge in [-0.05, 0) is 43.7 Å². The molecule has 0 spiro atoms. The highest BCUT2D eigenvalue weighted by atomic mass is 16.4. The van der Waals surface area contributed by atoms with Crippen molar-refractivity contribution in [1.29, 1.82) is 0 Å². The van der Waals surface area contributed by atoms with Crippen molar-refractivity contribution in [3.05, 3.63) is 35.9 Å². The summed E-state index contributed by atoms with van der Waals surface area (Å²) in [6, 6.07) is 9.15. The quantitative estimate of drug-likeness (QED) is 0.885. The molecule has 0 aromatic heterocycles. The van der Waals surface area contributed by atoms with Crippen molar-refractivity contribution in [1.82, 2.24) is 9.80 Å². The van der Waals surface area contributed by atoms with Crippen LogP contribution in [-0.4, -0.2) is 58.9 Å². The van der Waals surface area contributed by atoms with Crippen molar-refractivity contribution < 1.29 is 19.5 Å². The minimum absolute atomic E-state index is 0.0237. The van der Waals surface area contributed by atoms with E-state index in [2.05, 4.69) is 0 Å². The Hall–Kier alpha value is -2.37. The molecule has 1 saturated carbocycles. The lowest BCUT2D eigenvalue weighted by Gasteiger charge is -2.34. The van der Waals surface area contributed by atoms with Crippen LogP contribution in [0.25, 0.3) is 0 Å². The van der Waals surface area contributed by atoms with E-state index in [-0.39, 0.29) is 23.7 Å². The van der Waals surface area contributed by atoms with Gasteiger partial charge in [-0.3, -0.25) is 14.4 Å². The molecular weight excluding hydrogens is 344 g/mol. The molecule has 3 fully saturated rings. The molecule has 6 nitrogen and oxygen atoms in total. The Morgan fingerprint density at radius 1 is 1.00 bits per heavy atom. The van der Waals surface area contributed by atoms with Crippen LogP contribution in [0.1, 0.15) is 42.5 Å². The molecule has 2 amide bonds. The molecule has 0 bridgehead atoms. The number of hydrogen-bond donors (Lipinski definition) is 1. The van der Waals surface area contributed by atoms with Crippen molar-refractivity contribution in [2.45, 2.75) is 32.1 Å². The first-order valence-electron chi connectivity index (χ1n) is 9.88. The number of amides is 2. The summed E-state index contributed by atoms with van der Waals surface area (Å²) < 4.78 is 0. The van der Waals surface area contributed by atoms with Gasteiger partial charge in [0.25, 0.3) is 5.91 Å². The third-order valence-corrected chi connectivity index (χ3v) is 6.69. The summed E-state index contributed by atoms with van der Waals surface area (Å²) in [4.78, 5) is 41.2. The van der Waals surface area contributed by atoms with E-state index < -0.39 is 11.4 Å². The second-order valence-corrected chi connectivity index (χ2v) is 8.23. The Balaban J connectivity index is 1.44. The maximum atomic E-state index is 13.1. The Kier molecular flexibility index (Phi) is 4.66. The molecule has 144 valence electrons. The van der Waals surface area contributed by atoms with Crippen LogP contribution in [-0.2, 0) is 9.59 Å². The molecule has 0 radical (unpaired) electrons. The first kappa shape index (κ1) is 18.0. The van der Waals surface area contributed by atoms with Crippen LogP contribution in [0, 0.1) is 17.3 Å². The van der Waals surface area contributed by atoms with E-state index in [0.717, 1.165) is 25.7 Å². The van der Waals surface area contributed by atoms with Crippen LogP contribution in [0.5, 0.6) is 0 Å². The molecule has 2 aliphatic heterocycles. The molecule has 27 heavy (non-hydrogen) atoms. The number of carboxylic acid groups (broad SMARTS) is 1. The molecule has 1 aliphatic carbocycles. The Labute approximate surface area is 159 Å². The Morgan fingerprint density at radius 3 is 2.48 bits per heavy atom. The van der Waals surface area contributed by atoms with Gasteiger partial charge in [-0.1, -0.05) is 24.6 Å². The average molecular weight is 370 g/mol. The molecule has 1 aromatic carbocycles.